The molecule has 0 aromatic heterocycles. The number of aryl methyl sites for hydroxylation is 1. The van der Waals surface area contributed by atoms with E-state index in [1.807, 2.05) is 0 Å². The fourth-order valence-electron chi connectivity index (χ4n) is 2.07. The smallest absolute Gasteiger partial charge is 0.416 e. The first-order valence-corrected chi connectivity index (χ1v) is 6.84. The lowest BCUT2D eigenvalue weighted by atomic mass is 10.1. The maximum Gasteiger partial charge on any atom is 0.416 e. The van der Waals surface area contributed by atoms with Gasteiger partial charge in [0.15, 0.2) is 5.69 Å². The lowest BCUT2D eigenvalue weighted by molar-refractivity contribution is -0.384. The van der Waals surface area contributed by atoms with Crippen LogP contribution in [0.25, 0.3) is 0 Å². The molecule has 0 radical (unpaired) electrons. The molecule has 0 bridgehead atoms. The summed E-state index contributed by atoms with van der Waals surface area (Å²) in [5.74, 6) is -0.369. The zero-order valence-electron chi connectivity index (χ0n) is 12.8. The highest BCUT2D eigenvalue weighted by Crippen LogP contribution is 2.38. The van der Waals surface area contributed by atoms with Gasteiger partial charge in [-0.25, -0.2) is 0 Å². The summed E-state index contributed by atoms with van der Waals surface area (Å²) >= 11 is 0. The van der Waals surface area contributed by atoms with Crippen molar-refractivity contribution in [2.45, 2.75) is 19.7 Å². The summed E-state index contributed by atoms with van der Waals surface area (Å²) in [7, 11) is 0. The van der Waals surface area contributed by atoms with Crippen LogP contribution in [0.4, 0.5) is 30.2 Å². The first kappa shape index (κ1) is 18.3. The van der Waals surface area contributed by atoms with Crippen LogP contribution in [0, 0.1) is 17.0 Å². The largest absolute Gasteiger partial charge is 0.505 e. The van der Waals surface area contributed by atoms with Gasteiger partial charge in [0, 0.05) is 11.6 Å². The highest BCUT2D eigenvalue weighted by molar-refractivity contribution is 5.61. The molecule has 7 nitrogen and oxygen atoms in total. The van der Waals surface area contributed by atoms with Gasteiger partial charge in [0.05, 0.1) is 17.1 Å². The number of aromatic hydroxyl groups is 1. The third kappa shape index (κ3) is 4.10. The van der Waals surface area contributed by atoms with Crippen molar-refractivity contribution in [2.24, 2.45) is 10.2 Å². The van der Waals surface area contributed by atoms with Crippen LogP contribution >= 0.6 is 0 Å². The SMILES string of the molecule is Cc1cc(CO)c(O)c(N=Nc2ccc(C(F)(F)F)cc2[N+](=O)[O-])c1. The number of nitrogens with zero attached hydrogens (tertiary/aromatic N) is 3. The minimum Gasteiger partial charge on any atom is -0.505 e. The monoisotopic (exact) mass is 355 g/mol. The topological polar surface area (TPSA) is 108 Å². The Hall–Kier alpha value is -3.01. The first-order valence-electron chi connectivity index (χ1n) is 6.84. The Balaban J connectivity index is 2.49. The number of azo groups is 1. The third-order valence-electron chi connectivity index (χ3n) is 3.25. The lowest BCUT2D eigenvalue weighted by Gasteiger charge is -2.07. The van der Waals surface area contributed by atoms with E-state index in [9.17, 15) is 28.4 Å². The first-order chi connectivity index (χ1) is 11.6. The number of aliphatic hydroxyl groups is 1. The molecule has 0 atom stereocenters. The van der Waals surface area contributed by atoms with Crippen molar-refractivity contribution >= 4 is 17.1 Å². The molecule has 0 unspecified atom stereocenters. The van der Waals surface area contributed by atoms with E-state index in [4.69, 9.17) is 5.11 Å². The highest BCUT2D eigenvalue weighted by Gasteiger charge is 2.33. The summed E-state index contributed by atoms with van der Waals surface area (Å²) < 4.78 is 38.0. The molecule has 10 heteroatoms. The zero-order chi connectivity index (χ0) is 18.8. The van der Waals surface area contributed by atoms with Gasteiger partial charge in [-0.3, -0.25) is 10.1 Å². The summed E-state index contributed by atoms with van der Waals surface area (Å²) in [6, 6.07) is 4.76. The van der Waals surface area contributed by atoms with Crippen molar-refractivity contribution in [1.29, 1.82) is 0 Å². The van der Waals surface area contributed by atoms with Crippen molar-refractivity contribution in [3.63, 3.8) is 0 Å². The number of nitro benzene ring substituents is 1. The molecule has 2 N–H and O–H groups in total. The number of benzene rings is 2. The van der Waals surface area contributed by atoms with E-state index < -0.39 is 34.6 Å². The molecule has 2 aromatic carbocycles. The van der Waals surface area contributed by atoms with Crippen LogP contribution < -0.4 is 0 Å². The van der Waals surface area contributed by atoms with E-state index >= 15 is 0 Å². The maximum atomic E-state index is 12.7. The third-order valence-corrected chi connectivity index (χ3v) is 3.25. The second-order valence-electron chi connectivity index (χ2n) is 5.11. The van der Waals surface area contributed by atoms with Crippen molar-refractivity contribution in [1.82, 2.24) is 0 Å². The molecule has 0 heterocycles. The zero-order valence-corrected chi connectivity index (χ0v) is 12.8. The van der Waals surface area contributed by atoms with Gasteiger partial charge in [-0.15, -0.1) is 10.2 Å². The number of hydrogen-bond acceptors (Lipinski definition) is 6. The molecule has 0 amide bonds. The molecule has 0 saturated carbocycles. The quantitative estimate of drug-likeness (QED) is 0.477. The number of halogens is 3. The van der Waals surface area contributed by atoms with Gasteiger partial charge in [-0.05, 0) is 36.8 Å². The molecular formula is C15H12F3N3O4. The molecule has 0 spiro atoms. The number of aliphatic hydroxyl groups excluding tert-OH is 1. The molecule has 132 valence electrons. The van der Waals surface area contributed by atoms with Crippen LogP contribution in [0.5, 0.6) is 5.75 Å². The van der Waals surface area contributed by atoms with E-state index in [0.29, 0.717) is 17.7 Å². The van der Waals surface area contributed by atoms with Crippen LogP contribution in [0.2, 0.25) is 0 Å². The van der Waals surface area contributed by atoms with E-state index in [2.05, 4.69) is 10.2 Å². The van der Waals surface area contributed by atoms with Crippen molar-refractivity contribution in [3.8, 4) is 5.75 Å². The number of nitro groups is 1. The molecule has 0 aliphatic carbocycles. The minimum absolute atomic E-state index is 0.0711. The number of rotatable bonds is 4. The molecule has 2 rings (SSSR count). The molecule has 0 fully saturated rings. The standard InChI is InChI=1S/C15H12F3N3O4/c1-8-4-9(7-22)14(23)12(5-8)20-19-11-3-2-10(15(16,17)18)6-13(11)21(24)25/h2-6,22-23H,7H2,1H3. The van der Waals surface area contributed by atoms with Gasteiger partial charge in [0.1, 0.15) is 11.4 Å². The normalized spacial score (nSPS) is 11.9. The highest BCUT2D eigenvalue weighted by atomic mass is 19.4. The Bertz CT molecular complexity index is 851. The van der Waals surface area contributed by atoms with E-state index in [-0.39, 0.29) is 17.0 Å². The van der Waals surface area contributed by atoms with Crippen molar-refractivity contribution in [2.75, 3.05) is 0 Å². The lowest BCUT2D eigenvalue weighted by Crippen LogP contribution is -2.05. The molecule has 2 aromatic rings. The predicted octanol–water partition coefficient (Wildman–Crippen LogP) is 4.54. The molecule has 0 aliphatic heterocycles. The van der Waals surface area contributed by atoms with Crippen LogP contribution in [0.1, 0.15) is 16.7 Å². The fourth-order valence-corrected chi connectivity index (χ4v) is 2.07. The molecule has 0 aliphatic rings. The summed E-state index contributed by atoms with van der Waals surface area (Å²) in [6.07, 6.45) is -4.73. The van der Waals surface area contributed by atoms with Crippen LogP contribution in [-0.2, 0) is 12.8 Å². The number of hydrogen-bond donors (Lipinski definition) is 2. The van der Waals surface area contributed by atoms with E-state index in [1.54, 1.807) is 6.92 Å². The van der Waals surface area contributed by atoms with Gasteiger partial charge < -0.3 is 10.2 Å². The predicted molar refractivity (Wildman–Crippen MR) is 81.0 cm³/mol. The maximum absolute atomic E-state index is 12.7. The van der Waals surface area contributed by atoms with E-state index in [0.717, 1.165) is 6.07 Å². The molecular weight excluding hydrogens is 343 g/mol. The van der Waals surface area contributed by atoms with Crippen molar-refractivity contribution < 1.29 is 28.3 Å². The van der Waals surface area contributed by atoms with Gasteiger partial charge >= 0.3 is 6.18 Å². The Morgan fingerprint density at radius 3 is 2.36 bits per heavy atom. The molecule has 25 heavy (non-hydrogen) atoms. The second kappa shape index (κ2) is 6.85. The van der Waals surface area contributed by atoms with E-state index in [1.165, 1.54) is 12.1 Å². The number of phenols is 1. The summed E-state index contributed by atoms with van der Waals surface area (Å²) in [5.41, 5.74) is -1.71. The van der Waals surface area contributed by atoms with Gasteiger partial charge in [0.2, 0.25) is 0 Å². The number of alkyl halides is 3. The second-order valence-corrected chi connectivity index (χ2v) is 5.11. The minimum atomic E-state index is -4.73. The Labute approximate surface area is 139 Å². The Kier molecular flexibility index (Phi) is 5.02. The van der Waals surface area contributed by atoms with Crippen LogP contribution in [0.15, 0.2) is 40.6 Å². The average molecular weight is 355 g/mol. The molecule has 0 saturated heterocycles. The van der Waals surface area contributed by atoms with Crippen LogP contribution in [-0.4, -0.2) is 15.1 Å². The Morgan fingerprint density at radius 2 is 1.80 bits per heavy atom. The summed E-state index contributed by atoms with van der Waals surface area (Å²) in [5, 5.41) is 37.3. The average Bonchev–Trinajstić information content (AvgIpc) is 2.54. The van der Waals surface area contributed by atoms with Crippen molar-refractivity contribution in [3.05, 3.63) is 57.1 Å². The Morgan fingerprint density at radius 1 is 1.16 bits per heavy atom. The fraction of sp³-hybridized carbons (Fsp3) is 0.200. The van der Waals surface area contributed by atoms with Crippen LogP contribution in [0.3, 0.4) is 0 Å². The van der Waals surface area contributed by atoms with Gasteiger partial charge in [0.25, 0.3) is 5.69 Å². The summed E-state index contributed by atoms with van der Waals surface area (Å²) in [6.45, 7) is 1.20. The van der Waals surface area contributed by atoms with Gasteiger partial charge in [-0.1, -0.05) is 0 Å². The van der Waals surface area contributed by atoms with Gasteiger partial charge in [-0.2, -0.15) is 13.2 Å². The summed E-state index contributed by atoms with van der Waals surface area (Å²) in [4.78, 5) is 9.99.